The van der Waals surface area contributed by atoms with Crippen molar-refractivity contribution in [1.29, 1.82) is 0 Å². The molecule has 0 rings (SSSR count). The van der Waals surface area contributed by atoms with Gasteiger partial charge in [0, 0.05) is 12.8 Å². The SMILES string of the molecule is CCCCC/C=C\CCCCCCCCCC(=O)O[C@H](COC(=O)CCCCCCCCCC)COP(=O)(O)OC[C@@H](O)CO. The standard InChI is InChI=1S/C34H65O10P/c1-3-5-7-9-11-13-14-15-16-17-18-20-22-24-26-34(38)44-32(30-43-45(39,40)42-28-31(36)27-35)29-41-33(37)25-23-21-19-12-10-8-6-4-2/h11,13,31-32,35-36H,3-10,12,14-30H2,1-2H3,(H,39,40)/b13-11-/t31-,32+/m0/s1. The summed E-state index contributed by atoms with van der Waals surface area (Å²) in [6.45, 7) is 2.30. The van der Waals surface area contributed by atoms with Gasteiger partial charge in [-0.2, -0.15) is 0 Å². The quantitative estimate of drug-likeness (QED) is 0.0272. The maximum atomic E-state index is 12.5. The van der Waals surface area contributed by atoms with Gasteiger partial charge < -0.3 is 24.6 Å². The van der Waals surface area contributed by atoms with Crippen LogP contribution >= 0.6 is 7.82 Å². The van der Waals surface area contributed by atoms with E-state index in [9.17, 15) is 24.2 Å². The van der Waals surface area contributed by atoms with E-state index in [2.05, 4.69) is 30.5 Å². The molecule has 45 heavy (non-hydrogen) atoms. The van der Waals surface area contributed by atoms with Gasteiger partial charge in [-0.15, -0.1) is 0 Å². The van der Waals surface area contributed by atoms with Crippen molar-refractivity contribution in [2.45, 2.75) is 167 Å². The van der Waals surface area contributed by atoms with Crippen molar-refractivity contribution in [3.05, 3.63) is 12.2 Å². The van der Waals surface area contributed by atoms with Crippen LogP contribution in [0.3, 0.4) is 0 Å². The average Bonchev–Trinajstić information content (AvgIpc) is 3.02. The molecule has 0 spiro atoms. The average molecular weight is 665 g/mol. The molecular formula is C34H65O10P. The molecular weight excluding hydrogens is 599 g/mol. The van der Waals surface area contributed by atoms with Crippen LogP contribution in [0.2, 0.25) is 0 Å². The van der Waals surface area contributed by atoms with Gasteiger partial charge in [-0.25, -0.2) is 4.57 Å². The van der Waals surface area contributed by atoms with Gasteiger partial charge >= 0.3 is 19.8 Å². The highest BCUT2D eigenvalue weighted by Gasteiger charge is 2.27. The van der Waals surface area contributed by atoms with Crippen molar-refractivity contribution in [1.82, 2.24) is 0 Å². The van der Waals surface area contributed by atoms with Gasteiger partial charge in [-0.1, -0.05) is 116 Å². The summed E-state index contributed by atoms with van der Waals surface area (Å²) in [7, 11) is -4.60. The molecule has 266 valence electrons. The second kappa shape index (κ2) is 31.3. The molecule has 0 bridgehead atoms. The molecule has 0 aromatic rings. The number of phosphoric ester groups is 1. The van der Waals surface area contributed by atoms with E-state index < -0.39 is 51.8 Å². The summed E-state index contributed by atoms with van der Waals surface area (Å²) >= 11 is 0. The Morgan fingerprint density at radius 3 is 1.64 bits per heavy atom. The smallest absolute Gasteiger partial charge is 0.462 e. The highest BCUT2D eigenvalue weighted by Crippen LogP contribution is 2.43. The lowest BCUT2D eigenvalue weighted by Crippen LogP contribution is -2.29. The topological polar surface area (TPSA) is 149 Å². The highest BCUT2D eigenvalue weighted by molar-refractivity contribution is 7.47. The fraction of sp³-hybridized carbons (Fsp3) is 0.882. The summed E-state index contributed by atoms with van der Waals surface area (Å²) < 4.78 is 32.4. The highest BCUT2D eigenvalue weighted by atomic mass is 31.2. The first-order chi connectivity index (χ1) is 21.7. The first kappa shape index (κ1) is 43.7. The van der Waals surface area contributed by atoms with E-state index >= 15 is 0 Å². The van der Waals surface area contributed by atoms with Crippen molar-refractivity contribution >= 4 is 19.8 Å². The van der Waals surface area contributed by atoms with Crippen LogP contribution in [-0.4, -0.2) is 65.7 Å². The lowest BCUT2D eigenvalue weighted by atomic mass is 10.1. The second-order valence-corrected chi connectivity index (χ2v) is 13.4. The van der Waals surface area contributed by atoms with Crippen LogP contribution in [-0.2, 0) is 32.7 Å². The van der Waals surface area contributed by atoms with Gasteiger partial charge in [0.05, 0.1) is 19.8 Å². The zero-order valence-electron chi connectivity index (χ0n) is 28.3. The van der Waals surface area contributed by atoms with Gasteiger partial charge in [-0.05, 0) is 38.5 Å². The minimum absolute atomic E-state index is 0.182. The van der Waals surface area contributed by atoms with Crippen molar-refractivity contribution in [2.24, 2.45) is 0 Å². The Morgan fingerprint density at radius 2 is 1.09 bits per heavy atom. The van der Waals surface area contributed by atoms with Crippen LogP contribution in [0.25, 0.3) is 0 Å². The summed E-state index contributed by atoms with van der Waals surface area (Å²) in [6.07, 6.45) is 24.8. The summed E-state index contributed by atoms with van der Waals surface area (Å²) in [4.78, 5) is 34.6. The van der Waals surface area contributed by atoms with E-state index in [0.717, 1.165) is 44.9 Å². The molecule has 0 heterocycles. The van der Waals surface area contributed by atoms with Crippen LogP contribution in [0.15, 0.2) is 12.2 Å². The third kappa shape index (κ3) is 31.1. The maximum Gasteiger partial charge on any atom is 0.472 e. The third-order valence-corrected chi connectivity index (χ3v) is 8.37. The van der Waals surface area contributed by atoms with E-state index in [0.29, 0.717) is 12.8 Å². The molecule has 0 aliphatic heterocycles. The van der Waals surface area contributed by atoms with Gasteiger partial charge in [-0.3, -0.25) is 18.6 Å². The molecule has 10 nitrogen and oxygen atoms in total. The Morgan fingerprint density at radius 1 is 0.644 bits per heavy atom. The summed E-state index contributed by atoms with van der Waals surface area (Å²) in [5, 5.41) is 18.2. The Labute approximate surface area is 273 Å². The zero-order valence-corrected chi connectivity index (χ0v) is 29.2. The van der Waals surface area contributed by atoms with E-state index in [1.54, 1.807) is 0 Å². The number of aliphatic hydroxyl groups excluding tert-OH is 2. The number of allylic oxidation sites excluding steroid dienone is 2. The second-order valence-electron chi connectivity index (χ2n) is 11.9. The van der Waals surface area contributed by atoms with E-state index in [4.69, 9.17) is 19.1 Å². The number of esters is 2. The molecule has 0 saturated heterocycles. The largest absolute Gasteiger partial charge is 0.472 e. The van der Waals surface area contributed by atoms with Crippen LogP contribution in [0.4, 0.5) is 0 Å². The molecule has 1 unspecified atom stereocenters. The van der Waals surface area contributed by atoms with Gasteiger partial charge in [0.15, 0.2) is 6.10 Å². The molecule has 0 aliphatic carbocycles. The molecule has 3 N–H and O–H groups in total. The van der Waals surface area contributed by atoms with Crippen molar-refractivity contribution in [2.75, 3.05) is 26.4 Å². The fourth-order valence-corrected chi connectivity index (χ4v) is 5.42. The van der Waals surface area contributed by atoms with E-state index in [-0.39, 0.29) is 19.4 Å². The number of hydrogen-bond acceptors (Lipinski definition) is 9. The number of unbranched alkanes of at least 4 members (excludes halogenated alkanes) is 17. The normalized spacial score (nSPS) is 14.3. The molecule has 0 aromatic heterocycles. The summed E-state index contributed by atoms with van der Waals surface area (Å²) in [6, 6.07) is 0. The van der Waals surface area contributed by atoms with Crippen LogP contribution in [0.5, 0.6) is 0 Å². The van der Waals surface area contributed by atoms with Crippen LogP contribution < -0.4 is 0 Å². The zero-order chi connectivity index (χ0) is 33.4. The van der Waals surface area contributed by atoms with Crippen molar-refractivity contribution < 1.29 is 47.8 Å². The Balaban J connectivity index is 4.38. The van der Waals surface area contributed by atoms with Crippen molar-refractivity contribution in [3.63, 3.8) is 0 Å². The van der Waals surface area contributed by atoms with Gasteiger partial charge in [0.25, 0.3) is 0 Å². The summed E-state index contributed by atoms with van der Waals surface area (Å²) in [5.74, 6) is -0.933. The summed E-state index contributed by atoms with van der Waals surface area (Å²) in [5.41, 5.74) is 0. The molecule has 0 fully saturated rings. The Hall–Kier alpha value is -1.29. The molecule has 11 heteroatoms. The first-order valence-electron chi connectivity index (χ1n) is 17.6. The first-order valence-corrected chi connectivity index (χ1v) is 19.1. The Bertz CT molecular complexity index is 776. The van der Waals surface area contributed by atoms with Crippen LogP contribution in [0, 0.1) is 0 Å². The minimum atomic E-state index is -4.60. The van der Waals surface area contributed by atoms with E-state index in [1.807, 2.05) is 0 Å². The van der Waals surface area contributed by atoms with Crippen molar-refractivity contribution in [3.8, 4) is 0 Å². The van der Waals surface area contributed by atoms with Gasteiger partial charge in [0.1, 0.15) is 12.7 Å². The third-order valence-electron chi connectivity index (χ3n) is 7.42. The van der Waals surface area contributed by atoms with Crippen LogP contribution in [0.1, 0.15) is 155 Å². The number of phosphoric acid groups is 1. The monoisotopic (exact) mass is 664 g/mol. The maximum absolute atomic E-state index is 12.5. The predicted molar refractivity (Wildman–Crippen MR) is 178 cm³/mol. The number of ether oxygens (including phenoxy) is 2. The molecule has 0 aromatic carbocycles. The lowest BCUT2D eigenvalue weighted by Gasteiger charge is -2.20. The fourth-order valence-electron chi connectivity index (χ4n) is 4.63. The number of hydrogen-bond donors (Lipinski definition) is 3. The lowest BCUT2D eigenvalue weighted by molar-refractivity contribution is -0.161. The molecule has 0 saturated carbocycles. The number of aliphatic hydroxyl groups is 2. The molecule has 0 amide bonds. The molecule has 0 aliphatic rings. The molecule has 0 radical (unpaired) electrons. The molecule has 3 atom stereocenters. The minimum Gasteiger partial charge on any atom is -0.462 e. The van der Waals surface area contributed by atoms with Gasteiger partial charge in [0.2, 0.25) is 0 Å². The van der Waals surface area contributed by atoms with E-state index in [1.165, 1.54) is 70.6 Å². The number of rotatable bonds is 33. The number of carbonyl (C=O) groups is 2. The Kier molecular flexibility index (Phi) is 30.4. The number of carbonyl (C=O) groups excluding carboxylic acids is 2. The predicted octanol–water partition coefficient (Wildman–Crippen LogP) is 8.11.